The summed E-state index contributed by atoms with van der Waals surface area (Å²) < 4.78 is 0. The zero-order chi connectivity index (χ0) is 8.84. The molecule has 3 rings (SSSR count). The summed E-state index contributed by atoms with van der Waals surface area (Å²) in [5, 5.41) is 0. The quantitative estimate of drug-likeness (QED) is 0.633. The van der Waals surface area contributed by atoms with E-state index < -0.39 is 0 Å². The predicted molar refractivity (Wildman–Crippen MR) is 50.8 cm³/mol. The van der Waals surface area contributed by atoms with Gasteiger partial charge in [0.2, 0.25) is 0 Å². The maximum atomic E-state index is 10.4. The van der Waals surface area contributed by atoms with Crippen molar-refractivity contribution in [2.24, 2.45) is 29.6 Å². The number of fused-ring (bicyclic) bond motifs is 5. The summed E-state index contributed by atoms with van der Waals surface area (Å²) in [5.74, 6) is 4.71. The van der Waals surface area contributed by atoms with E-state index >= 15 is 0 Å². The molecule has 0 amide bonds. The van der Waals surface area contributed by atoms with E-state index in [-0.39, 0.29) is 0 Å². The Balaban J connectivity index is 1.77. The van der Waals surface area contributed by atoms with Crippen molar-refractivity contribution in [2.45, 2.75) is 38.5 Å². The molecule has 0 aromatic heterocycles. The van der Waals surface area contributed by atoms with Crippen molar-refractivity contribution >= 4 is 6.29 Å². The Morgan fingerprint density at radius 2 is 1.92 bits per heavy atom. The molecular formula is C12H17O. The molecular weight excluding hydrogens is 160 g/mol. The van der Waals surface area contributed by atoms with Crippen molar-refractivity contribution in [3.63, 3.8) is 0 Å². The van der Waals surface area contributed by atoms with Gasteiger partial charge in [-0.2, -0.15) is 0 Å². The Morgan fingerprint density at radius 1 is 1.08 bits per heavy atom. The smallest absolute Gasteiger partial charge is 0.198 e. The minimum atomic E-state index is 0.724. The van der Waals surface area contributed by atoms with E-state index in [0.717, 1.165) is 36.0 Å². The van der Waals surface area contributed by atoms with Crippen molar-refractivity contribution in [1.29, 1.82) is 0 Å². The van der Waals surface area contributed by atoms with Crippen LogP contribution in [0, 0.1) is 29.6 Å². The summed E-state index contributed by atoms with van der Waals surface area (Å²) in [5.41, 5.74) is 0. The molecule has 0 aromatic carbocycles. The van der Waals surface area contributed by atoms with Gasteiger partial charge in [-0.05, 0) is 55.3 Å². The highest BCUT2D eigenvalue weighted by atomic mass is 16.1. The first kappa shape index (κ1) is 8.02. The summed E-state index contributed by atoms with van der Waals surface area (Å²) in [6, 6.07) is 0. The first-order valence-electron chi connectivity index (χ1n) is 5.75. The van der Waals surface area contributed by atoms with Crippen molar-refractivity contribution in [1.82, 2.24) is 0 Å². The molecule has 0 heterocycles. The van der Waals surface area contributed by atoms with Crippen LogP contribution in [0.25, 0.3) is 0 Å². The van der Waals surface area contributed by atoms with Gasteiger partial charge in [0.25, 0.3) is 0 Å². The van der Waals surface area contributed by atoms with Gasteiger partial charge in [0.15, 0.2) is 6.29 Å². The molecule has 71 valence electrons. The van der Waals surface area contributed by atoms with Gasteiger partial charge in [0, 0.05) is 6.42 Å². The number of hydrogen-bond donors (Lipinski definition) is 0. The zero-order valence-electron chi connectivity index (χ0n) is 8.04. The largest absolute Gasteiger partial charge is 0.291 e. The van der Waals surface area contributed by atoms with Crippen LogP contribution >= 0.6 is 0 Å². The SMILES string of the molecule is O=[C]CC1CC2CC1C1CCCC21. The van der Waals surface area contributed by atoms with E-state index in [1.807, 2.05) is 0 Å². The van der Waals surface area contributed by atoms with Gasteiger partial charge in [-0.25, -0.2) is 0 Å². The second kappa shape index (κ2) is 2.83. The lowest BCUT2D eigenvalue weighted by atomic mass is 9.75. The molecule has 13 heavy (non-hydrogen) atoms. The summed E-state index contributed by atoms with van der Waals surface area (Å²) in [6.45, 7) is 0. The molecule has 0 saturated heterocycles. The minimum absolute atomic E-state index is 0.724. The van der Waals surface area contributed by atoms with Gasteiger partial charge in [-0.1, -0.05) is 6.42 Å². The van der Waals surface area contributed by atoms with E-state index in [4.69, 9.17) is 0 Å². The summed E-state index contributed by atoms with van der Waals surface area (Å²) in [7, 11) is 0. The second-order valence-corrected chi connectivity index (χ2v) is 5.26. The molecule has 3 saturated carbocycles. The molecule has 0 N–H and O–H groups in total. The van der Waals surface area contributed by atoms with E-state index in [2.05, 4.69) is 6.29 Å². The van der Waals surface area contributed by atoms with Gasteiger partial charge in [0.1, 0.15) is 0 Å². The first-order chi connectivity index (χ1) is 6.40. The average Bonchev–Trinajstić information content (AvgIpc) is 2.72. The monoisotopic (exact) mass is 177 g/mol. The highest BCUT2D eigenvalue weighted by Crippen LogP contribution is 2.61. The van der Waals surface area contributed by atoms with Crippen LogP contribution in [-0.2, 0) is 4.79 Å². The number of carbonyl (C=O) groups excluding carboxylic acids is 1. The third-order valence-electron chi connectivity index (χ3n) is 4.91. The van der Waals surface area contributed by atoms with E-state index in [0.29, 0.717) is 0 Å². The minimum Gasteiger partial charge on any atom is -0.291 e. The first-order valence-corrected chi connectivity index (χ1v) is 5.75. The summed E-state index contributed by atoms with van der Waals surface area (Å²) >= 11 is 0. The van der Waals surface area contributed by atoms with Crippen LogP contribution in [0.3, 0.4) is 0 Å². The van der Waals surface area contributed by atoms with E-state index in [1.54, 1.807) is 0 Å². The van der Waals surface area contributed by atoms with Crippen LogP contribution < -0.4 is 0 Å². The van der Waals surface area contributed by atoms with Gasteiger partial charge in [-0.15, -0.1) is 0 Å². The normalized spacial score (nSPS) is 52.5. The molecule has 1 heteroatoms. The third kappa shape index (κ3) is 1.02. The Labute approximate surface area is 79.9 Å². The van der Waals surface area contributed by atoms with Crippen LogP contribution in [0.4, 0.5) is 0 Å². The van der Waals surface area contributed by atoms with Crippen LogP contribution in [0.1, 0.15) is 38.5 Å². The van der Waals surface area contributed by atoms with Crippen LogP contribution in [-0.4, -0.2) is 6.29 Å². The van der Waals surface area contributed by atoms with E-state index in [9.17, 15) is 4.79 Å². The molecule has 3 fully saturated rings. The molecule has 3 aliphatic carbocycles. The zero-order valence-corrected chi connectivity index (χ0v) is 8.04. The summed E-state index contributed by atoms with van der Waals surface area (Å²) in [6.07, 6.45) is 10.1. The fraction of sp³-hybridized carbons (Fsp3) is 0.917. The Morgan fingerprint density at radius 3 is 2.77 bits per heavy atom. The molecule has 1 nitrogen and oxygen atoms in total. The van der Waals surface area contributed by atoms with Crippen molar-refractivity contribution in [3.8, 4) is 0 Å². The Hall–Kier alpha value is -0.330. The molecule has 0 spiro atoms. The van der Waals surface area contributed by atoms with Gasteiger partial charge >= 0.3 is 0 Å². The molecule has 0 aliphatic heterocycles. The van der Waals surface area contributed by atoms with Crippen molar-refractivity contribution < 1.29 is 4.79 Å². The van der Waals surface area contributed by atoms with Crippen LogP contribution in [0.15, 0.2) is 0 Å². The average molecular weight is 177 g/mol. The lowest BCUT2D eigenvalue weighted by Gasteiger charge is -2.30. The standard InChI is InChI=1S/C12H17O/c13-5-4-8-6-9-7-12(8)11-3-1-2-10(9)11/h8-12H,1-4,6-7H2. The second-order valence-electron chi connectivity index (χ2n) is 5.26. The topological polar surface area (TPSA) is 17.1 Å². The molecule has 0 aromatic rings. The number of hydrogen-bond acceptors (Lipinski definition) is 1. The van der Waals surface area contributed by atoms with Crippen LogP contribution in [0.5, 0.6) is 0 Å². The highest BCUT2D eigenvalue weighted by molar-refractivity contribution is 5.51. The maximum absolute atomic E-state index is 10.4. The molecule has 2 bridgehead atoms. The lowest BCUT2D eigenvalue weighted by Crippen LogP contribution is -2.24. The van der Waals surface area contributed by atoms with Gasteiger partial charge < -0.3 is 0 Å². The Bertz CT molecular complexity index is 223. The van der Waals surface area contributed by atoms with E-state index in [1.165, 1.54) is 32.1 Å². The van der Waals surface area contributed by atoms with Crippen molar-refractivity contribution in [2.75, 3.05) is 0 Å². The number of rotatable bonds is 2. The molecule has 5 atom stereocenters. The van der Waals surface area contributed by atoms with Gasteiger partial charge in [-0.3, -0.25) is 4.79 Å². The van der Waals surface area contributed by atoms with Gasteiger partial charge in [0.05, 0.1) is 0 Å². The fourth-order valence-electron chi connectivity index (χ4n) is 4.55. The van der Waals surface area contributed by atoms with Crippen molar-refractivity contribution in [3.05, 3.63) is 0 Å². The molecule has 5 unspecified atom stereocenters. The molecule has 3 aliphatic rings. The maximum Gasteiger partial charge on any atom is 0.198 e. The van der Waals surface area contributed by atoms with Crippen LogP contribution in [0.2, 0.25) is 0 Å². The lowest BCUT2D eigenvalue weighted by molar-refractivity contribution is 0.193. The highest BCUT2D eigenvalue weighted by Gasteiger charge is 2.53. The Kier molecular flexibility index (Phi) is 1.75. The summed E-state index contributed by atoms with van der Waals surface area (Å²) in [4.78, 5) is 10.4. The molecule has 1 radical (unpaired) electrons. The fourth-order valence-corrected chi connectivity index (χ4v) is 4.55. The third-order valence-corrected chi connectivity index (χ3v) is 4.91. The predicted octanol–water partition coefficient (Wildman–Crippen LogP) is 2.56.